The predicted octanol–water partition coefficient (Wildman–Crippen LogP) is 6.10. The van der Waals surface area contributed by atoms with Crippen molar-refractivity contribution in [2.75, 3.05) is 11.9 Å². The zero-order valence-electron chi connectivity index (χ0n) is 22.5. The Morgan fingerprint density at radius 1 is 1.00 bits per heavy atom. The number of rotatable bonds is 8. The molecule has 0 aliphatic carbocycles. The minimum Gasteiger partial charge on any atom is -0.444 e. The molecule has 0 fully saturated rings. The van der Waals surface area contributed by atoms with E-state index < -0.39 is 23.6 Å². The SMILES string of the molecule is CCC(C)N(C(=O)CNC(=O)OC(C)(C)C)C(C(=O)Nc1c(C)cccc1Cl)c1c(C)cccc1C. The molecule has 2 unspecified atom stereocenters. The van der Waals surface area contributed by atoms with Gasteiger partial charge >= 0.3 is 6.09 Å². The van der Waals surface area contributed by atoms with E-state index in [2.05, 4.69) is 10.6 Å². The first-order valence-electron chi connectivity index (χ1n) is 12.2. The fourth-order valence-corrected chi connectivity index (χ4v) is 4.30. The lowest BCUT2D eigenvalue weighted by molar-refractivity contribution is -0.140. The average Bonchev–Trinajstić information content (AvgIpc) is 2.77. The van der Waals surface area contributed by atoms with E-state index in [1.54, 1.807) is 31.7 Å². The molecule has 2 atom stereocenters. The fourth-order valence-electron chi connectivity index (χ4n) is 4.03. The van der Waals surface area contributed by atoms with E-state index in [-0.39, 0.29) is 18.5 Å². The van der Waals surface area contributed by atoms with Crippen molar-refractivity contribution in [1.29, 1.82) is 0 Å². The number of hydrogen-bond acceptors (Lipinski definition) is 4. The standard InChI is InChI=1S/C28H38ClN3O4/c1-9-20(5)32(22(33)16-30-27(35)36-28(6,7)8)25(23-17(2)12-10-13-18(23)3)26(34)31-24-19(4)14-11-15-21(24)29/h10-15,20,25H,9,16H2,1-8H3,(H,30,35)(H,31,34). The first kappa shape index (κ1) is 29.2. The maximum Gasteiger partial charge on any atom is 0.408 e. The predicted molar refractivity (Wildman–Crippen MR) is 144 cm³/mol. The summed E-state index contributed by atoms with van der Waals surface area (Å²) in [5, 5.41) is 5.91. The number of halogens is 1. The van der Waals surface area contributed by atoms with Gasteiger partial charge in [0.25, 0.3) is 5.91 Å². The molecule has 8 heteroatoms. The molecule has 0 spiro atoms. The van der Waals surface area contributed by atoms with Gasteiger partial charge in [-0.15, -0.1) is 0 Å². The van der Waals surface area contributed by atoms with E-state index in [4.69, 9.17) is 16.3 Å². The number of nitrogens with one attached hydrogen (secondary N) is 2. The maximum atomic E-state index is 13.9. The highest BCUT2D eigenvalue weighted by molar-refractivity contribution is 6.34. The van der Waals surface area contributed by atoms with Crippen LogP contribution in [0.1, 0.15) is 69.3 Å². The summed E-state index contributed by atoms with van der Waals surface area (Å²) < 4.78 is 5.28. The first-order valence-corrected chi connectivity index (χ1v) is 12.5. The Hall–Kier alpha value is -3.06. The zero-order chi connectivity index (χ0) is 27.2. The molecule has 0 aliphatic heterocycles. The molecule has 2 aromatic carbocycles. The third-order valence-corrected chi connectivity index (χ3v) is 6.26. The normalized spacial score (nSPS) is 12.9. The van der Waals surface area contributed by atoms with Crippen molar-refractivity contribution >= 4 is 35.2 Å². The topological polar surface area (TPSA) is 87.7 Å². The largest absolute Gasteiger partial charge is 0.444 e. The molecule has 0 bridgehead atoms. The second-order valence-electron chi connectivity index (χ2n) is 10.0. The van der Waals surface area contributed by atoms with Crippen LogP contribution in [0.4, 0.5) is 10.5 Å². The van der Waals surface area contributed by atoms with E-state index >= 15 is 0 Å². The summed E-state index contributed by atoms with van der Waals surface area (Å²) >= 11 is 6.40. The summed E-state index contributed by atoms with van der Waals surface area (Å²) in [4.78, 5) is 41.3. The van der Waals surface area contributed by atoms with Gasteiger partial charge in [-0.2, -0.15) is 0 Å². The highest BCUT2D eigenvalue weighted by Gasteiger charge is 2.36. The van der Waals surface area contributed by atoms with Gasteiger partial charge in [-0.05, 0) is 83.2 Å². The van der Waals surface area contributed by atoms with Crippen molar-refractivity contribution in [2.45, 2.75) is 79.5 Å². The molecule has 0 heterocycles. The third kappa shape index (κ3) is 7.47. The van der Waals surface area contributed by atoms with Crippen LogP contribution >= 0.6 is 11.6 Å². The Kier molecular flexibility index (Phi) is 9.93. The number of ether oxygens (including phenoxy) is 1. The lowest BCUT2D eigenvalue weighted by Crippen LogP contribution is -2.50. The molecule has 36 heavy (non-hydrogen) atoms. The molecule has 0 radical (unpaired) electrons. The molecule has 2 rings (SSSR count). The maximum absolute atomic E-state index is 13.9. The Morgan fingerprint density at radius 3 is 2.08 bits per heavy atom. The number of para-hydroxylation sites is 1. The van der Waals surface area contributed by atoms with Gasteiger partial charge in [0.2, 0.25) is 5.91 Å². The van der Waals surface area contributed by atoms with E-state index in [0.717, 1.165) is 22.3 Å². The molecular formula is C28H38ClN3O4. The summed E-state index contributed by atoms with van der Waals surface area (Å²) in [6.45, 7) is 14.5. The Bertz CT molecular complexity index is 1070. The van der Waals surface area contributed by atoms with Crippen molar-refractivity contribution < 1.29 is 19.1 Å². The number of hydrogen-bond donors (Lipinski definition) is 2. The van der Waals surface area contributed by atoms with E-state index in [1.807, 2.05) is 65.0 Å². The molecule has 7 nitrogen and oxygen atoms in total. The lowest BCUT2D eigenvalue weighted by atomic mass is 9.92. The zero-order valence-corrected chi connectivity index (χ0v) is 23.2. The van der Waals surface area contributed by atoms with Gasteiger partial charge in [0.1, 0.15) is 18.2 Å². The summed E-state index contributed by atoms with van der Waals surface area (Å²) in [5.74, 6) is -0.775. The molecular weight excluding hydrogens is 478 g/mol. The van der Waals surface area contributed by atoms with Crippen LogP contribution in [0.5, 0.6) is 0 Å². The second kappa shape index (κ2) is 12.3. The van der Waals surface area contributed by atoms with E-state index in [9.17, 15) is 14.4 Å². The highest BCUT2D eigenvalue weighted by atomic mass is 35.5. The van der Waals surface area contributed by atoms with Crippen LogP contribution in [0.15, 0.2) is 36.4 Å². The van der Waals surface area contributed by atoms with Crippen molar-refractivity contribution in [1.82, 2.24) is 10.2 Å². The highest BCUT2D eigenvalue weighted by Crippen LogP contribution is 2.33. The van der Waals surface area contributed by atoms with Crippen LogP contribution in [0.3, 0.4) is 0 Å². The minimum atomic E-state index is -0.940. The molecule has 0 aromatic heterocycles. The van der Waals surface area contributed by atoms with Crippen LogP contribution in [-0.2, 0) is 14.3 Å². The number of carbonyl (C=O) groups is 3. The van der Waals surface area contributed by atoms with Gasteiger partial charge in [0, 0.05) is 6.04 Å². The molecule has 2 N–H and O–H groups in total. The van der Waals surface area contributed by atoms with Gasteiger partial charge in [0.05, 0.1) is 10.7 Å². The number of alkyl carbamates (subject to hydrolysis) is 1. The minimum absolute atomic E-state index is 0.292. The number of nitrogens with zero attached hydrogens (tertiary/aromatic N) is 1. The first-order chi connectivity index (χ1) is 16.8. The van der Waals surface area contributed by atoms with Crippen molar-refractivity contribution in [3.05, 3.63) is 63.7 Å². The van der Waals surface area contributed by atoms with E-state index in [1.165, 1.54) is 0 Å². The average molecular weight is 516 g/mol. The molecule has 0 aliphatic rings. The van der Waals surface area contributed by atoms with Crippen LogP contribution in [0, 0.1) is 20.8 Å². The van der Waals surface area contributed by atoms with Crippen molar-refractivity contribution in [2.24, 2.45) is 0 Å². The number of benzene rings is 2. The van der Waals surface area contributed by atoms with Crippen LogP contribution < -0.4 is 10.6 Å². The molecule has 196 valence electrons. The number of amides is 3. The molecule has 0 saturated heterocycles. The summed E-state index contributed by atoms with van der Waals surface area (Å²) in [6.07, 6.45) is -0.0856. The van der Waals surface area contributed by atoms with Gasteiger partial charge < -0.3 is 20.3 Å². The van der Waals surface area contributed by atoms with Crippen LogP contribution in [-0.4, -0.2) is 41.0 Å². The third-order valence-electron chi connectivity index (χ3n) is 5.95. The van der Waals surface area contributed by atoms with Crippen LogP contribution in [0.25, 0.3) is 0 Å². The second-order valence-corrected chi connectivity index (χ2v) is 10.4. The molecule has 0 saturated carbocycles. The Morgan fingerprint density at radius 2 is 1.56 bits per heavy atom. The number of anilines is 1. The summed E-state index contributed by atoms with van der Waals surface area (Å²) in [5.41, 5.74) is 3.12. The van der Waals surface area contributed by atoms with Gasteiger partial charge in [0.15, 0.2) is 0 Å². The van der Waals surface area contributed by atoms with Gasteiger partial charge in [-0.3, -0.25) is 9.59 Å². The summed E-state index contributed by atoms with van der Waals surface area (Å²) in [7, 11) is 0. The Labute approximate surface area is 219 Å². The van der Waals surface area contributed by atoms with E-state index in [0.29, 0.717) is 17.1 Å². The number of aryl methyl sites for hydroxylation is 3. The molecule has 2 aromatic rings. The lowest BCUT2D eigenvalue weighted by Gasteiger charge is -2.37. The van der Waals surface area contributed by atoms with Crippen molar-refractivity contribution in [3.63, 3.8) is 0 Å². The number of carbonyl (C=O) groups excluding carboxylic acids is 3. The Balaban J connectivity index is 2.52. The fraction of sp³-hybridized carbons (Fsp3) is 0.464. The van der Waals surface area contributed by atoms with Crippen LogP contribution in [0.2, 0.25) is 5.02 Å². The van der Waals surface area contributed by atoms with Gasteiger partial charge in [-0.25, -0.2) is 4.79 Å². The monoisotopic (exact) mass is 515 g/mol. The smallest absolute Gasteiger partial charge is 0.408 e. The molecule has 3 amide bonds. The quantitative estimate of drug-likeness (QED) is 0.445. The van der Waals surface area contributed by atoms with Crippen molar-refractivity contribution in [3.8, 4) is 0 Å². The summed E-state index contributed by atoms with van der Waals surface area (Å²) in [6, 6.07) is 9.90. The van der Waals surface area contributed by atoms with Gasteiger partial charge in [-0.1, -0.05) is 48.9 Å².